The summed E-state index contributed by atoms with van der Waals surface area (Å²) >= 11 is 1.66. The summed E-state index contributed by atoms with van der Waals surface area (Å²) in [5.41, 5.74) is 5.51. The lowest BCUT2D eigenvalue weighted by Crippen LogP contribution is -2.15. The van der Waals surface area contributed by atoms with Crippen LogP contribution in [0.4, 0.5) is 0 Å². The van der Waals surface area contributed by atoms with Crippen molar-refractivity contribution in [3.05, 3.63) is 0 Å². The van der Waals surface area contributed by atoms with Crippen LogP contribution in [-0.4, -0.2) is 23.3 Å². The molecule has 0 bridgehead atoms. The van der Waals surface area contributed by atoms with Crippen LogP contribution in [-0.2, 0) is 4.79 Å². The fraction of sp³-hybridized carbons (Fsp3) is 0.857. The summed E-state index contributed by atoms with van der Waals surface area (Å²) in [6.45, 7) is 3.59. The van der Waals surface area contributed by atoms with E-state index in [0.717, 1.165) is 12.2 Å². The zero-order chi connectivity index (χ0) is 7.98. The summed E-state index contributed by atoms with van der Waals surface area (Å²) in [5.74, 6) is 1.87. The zero-order valence-corrected chi connectivity index (χ0v) is 7.41. The molecule has 0 saturated carbocycles. The number of carbonyl (C=O) groups excluding carboxylic acids is 1. The zero-order valence-electron chi connectivity index (χ0n) is 6.59. The minimum Gasteiger partial charge on any atom is -0.328 e. The van der Waals surface area contributed by atoms with Gasteiger partial charge in [-0.25, -0.2) is 0 Å². The number of rotatable bonds is 5. The molecule has 0 heterocycles. The summed E-state index contributed by atoms with van der Waals surface area (Å²) in [7, 11) is 0. The largest absolute Gasteiger partial charge is 0.328 e. The normalized spacial score (nSPS) is 13.1. The van der Waals surface area contributed by atoms with Gasteiger partial charge in [0.05, 0.1) is 5.75 Å². The molecule has 0 fully saturated rings. The molecule has 1 atom stereocenters. The van der Waals surface area contributed by atoms with E-state index in [2.05, 4.69) is 0 Å². The van der Waals surface area contributed by atoms with E-state index in [-0.39, 0.29) is 11.8 Å². The van der Waals surface area contributed by atoms with Crippen molar-refractivity contribution in [3.8, 4) is 0 Å². The number of thioether (sulfide) groups is 1. The van der Waals surface area contributed by atoms with Crippen molar-refractivity contribution < 1.29 is 4.79 Å². The van der Waals surface area contributed by atoms with Crippen molar-refractivity contribution in [2.24, 2.45) is 5.73 Å². The van der Waals surface area contributed by atoms with E-state index in [9.17, 15) is 4.79 Å². The molecule has 10 heavy (non-hydrogen) atoms. The molecular formula is C7H15NOS. The second kappa shape index (κ2) is 5.74. The van der Waals surface area contributed by atoms with E-state index in [0.29, 0.717) is 5.75 Å². The fourth-order valence-electron chi connectivity index (χ4n) is 0.485. The molecule has 0 amide bonds. The molecule has 1 unspecified atom stereocenters. The average molecular weight is 161 g/mol. The molecule has 2 nitrogen and oxygen atoms in total. The summed E-state index contributed by atoms with van der Waals surface area (Å²) in [6.07, 6.45) is 0.998. The van der Waals surface area contributed by atoms with Gasteiger partial charge < -0.3 is 5.73 Å². The van der Waals surface area contributed by atoms with Crippen molar-refractivity contribution in [1.82, 2.24) is 0 Å². The highest BCUT2D eigenvalue weighted by Crippen LogP contribution is 2.03. The van der Waals surface area contributed by atoms with Gasteiger partial charge in [-0.1, -0.05) is 0 Å². The highest BCUT2D eigenvalue weighted by atomic mass is 32.2. The van der Waals surface area contributed by atoms with Crippen LogP contribution in [0.1, 0.15) is 20.3 Å². The molecule has 0 radical (unpaired) electrons. The SMILES string of the molecule is CC(=O)CSCCC(C)N. The first-order valence-electron chi connectivity index (χ1n) is 3.45. The Hall–Kier alpha value is -0.0200. The first-order valence-corrected chi connectivity index (χ1v) is 4.61. The summed E-state index contributed by atoms with van der Waals surface area (Å²) in [6, 6.07) is 0.263. The second-order valence-electron chi connectivity index (χ2n) is 2.52. The molecule has 3 heteroatoms. The van der Waals surface area contributed by atoms with E-state index in [1.54, 1.807) is 18.7 Å². The predicted molar refractivity (Wildman–Crippen MR) is 46.3 cm³/mol. The molecule has 60 valence electrons. The number of ketones is 1. The van der Waals surface area contributed by atoms with Crippen LogP contribution in [0, 0.1) is 0 Å². The Bertz CT molecular complexity index is 104. The van der Waals surface area contributed by atoms with Crippen LogP contribution >= 0.6 is 11.8 Å². The van der Waals surface area contributed by atoms with Gasteiger partial charge in [0.15, 0.2) is 0 Å². The van der Waals surface area contributed by atoms with Gasteiger partial charge in [0.2, 0.25) is 0 Å². The monoisotopic (exact) mass is 161 g/mol. The quantitative estimate of drug-likeness (QED) is 0.613. The maximum atomic E-state index is 10.4. The van der Waals surface area contributed by atoms with Gasteiger partial charge in [-0.2, -0.15) is 11.8 Å². The van der Waals surface area contributed by atoms with Crippen LogP contribution in [0.5, 0.6) is 0 Å². The highest BCUT2D eigenvalue weighted by molar-refractivity contribution is 7.99. The molecule has 0 aromatic carbocycles. The topological polar surface area (TPSA) is 43.1 Å². The maximum Gasteiger partial charge on any atom is 0.139 e. The van der Waals surface area contributed by atoms with Crippen molar-refractivity contribution in [2.75, 3.05) is 11.5 Å². The Morgan fingerprint density at radius 1 is 1.70 bits per heavy atom. The lowest BCUT2D eigenvalue weighted by molar-refractivity contribution is -0.114. The average Bonchev–Trinajstić information content (AvgIpc) is 1.79. The van der Waals surface area contributed by atoms with Gasteiger partial charge in [-0.05, 0) is 26.0 Å². The second-order valence-corrected chi connectivity index (χ2v) is 3.63. The number of nitrogens with two attached hydrogens (primary N) is 1. The predicted octanol–water partition coefficient (Wildman–Crippen LogP) is 1.05. The van der Waals surface area contributed by atoms with Crippen molar-refractivity contribution in [2.45, 2.75) is 26.3 Å². The van der Waals surface area contributed by atoms with Crippen molar-refractivity contribution >= 4 is 17.5 Å². The number of hydrogen-bond donors (Lipinski definition) is 1. The van der Waals surface area contributed by atoms with Crippen molar-refractivity contribution in [3.63, 3.8) is 0 Å². The van der Waals surface area contributed by atoms with Crippen molar-refractivity contribution in [1.29, 1.82) is 0 Å². The summed E-state index contributed by atoms with van der Waals surface area (Å²) in [4.78, 5) is 10.4. The highest BCUT2D eigenvalue weighted by Gasteiger charge is 1.95. The first kappa shape index (κ1) is 9.98. The molecule has 0 saturated heterocycles. The molecule has 0 rings (SSSR count). The Morgan fingerprint density at radius 2 is 2.30 bits per heavy atom. The third-order valence-corrected chi connectivity index (χ3v) is 2.16. The number of hydrogen-bond acceptors (Lipinski definition) is 3. The van der Waals surface area contributed by atoms with Gasteiger partial charge in [-0.3, -0.25) is 4.79 Å². The van der Waals surface area contributed by atoms with Gasteiger partial charge >= 0.3 is 0 Å². The molecule has 0 aliphatic heterocycles. The first-order chi connectivity index (χ1) is 4.63. The smallest absolute Gasteiger partial charge is 0.139 e. The van der Waals surface area contributed by atoms with E-state index in [4.69, 9.17) is 5.73 Å². The standard InChI is InChI=1S/C7H15NOS/c1-6(8)3-4-10-5-7(2)9/h6H,3-5,8H2,1-2H3. The molecule has 0 aliphatic rings. The van der Waals surface area contributed by atoms with Crippen LogP contribution < -0.4 is 5.73 Å². The lowest BCUT2D eigenvalue weighted by Gasteiger charge is -2.02. The molecule has 0 aromatic rings. The van der Waals surface area contributed by atoms with E-state index in [1.165, 1.54) is 0 Å². The molecule has 0 aromatic heterocycles. The molecule has 0 aliphatic carbocycles. The van der Waals surface area contributed by atoms with Crippen LogP contribution in [0.2, 0.25) is 0 Å². The van der Waals surface area contributed by atoms with E-state index in [1.807, 2.05) is 6.92 Å². The lowest BCUT2D eigenvalue weighted by atomic mass is 10.3. The molecule has 2 N–H and O–H groups in total. The third-order valence-electron chi connectivity index (χ3n) is 1.02. The van der Waals surface area contributed by atoms with Crippen LogP contribution in [0.3, 0.4) is 0 Å². The maximum absolute atomic E-state index is 10.4. The Kier molecular flexibility index (Phi) is 5.73. The number of Topliss-reactive ketones (excluding diaryl/α,β-unsaturated/α-hetero) is 1. The van der Waals surface area contributed by atoms with Crippen LogP contribution in [0.15, 0.2) is 0 Å². The molecule has 0 spiro atoms. The summed E-state index contributed by atoms with van der Waals surface area (Å²) < 4.78 is 0. The fourth-order valence-corrected chi connectivity index (χ4v) is 1.46. The van der Waals surface area contributed by atoms with Gasteiger partial charge in [0, 0.05) is 6.04 Å². The van der Waals surface area contributed by atoms with Crippen LogP contribution in [0.25, 0.3) is 0 Å². The van der Waals surface area contributed by atoms with Gasteiger partial charge in [-0.15, -0.1) is 0 Å². The van der Waals surface area contributed by atoms with Gasteiger partial charge in [0.1, 0.15) is 5.78 Å². The summed E-state index contributed by atoms with van der Waals surface area (Å²) in [5, 5.41) is 0. The van der Waals surface area contributed by atoms with E-state index >= 15 is 0 Å². The Balaban J connectivity index is 2.98. The minimum atomic E-state index is 0.245. The van der Waals surface area contributed by atoms with E-state index < -0.39 is 0 Å². The minimum absolute atomic E-state index is 0.245. The Morgan fingerprint density at radius 3 is 2.70 bits per heavy atom. The molecular weight excluding hydrogens is 146 g/mol. The van der Waals surface area contributed by atoms with Gasteiger partial charge in [0.25, 0.3) is 0 Å². The number of carbonyl (C=O) groups is 1. The Labute approximate surface area is 66.6 Å². The third kappa shape index (κ3) is 7.98.